The first-order chi connectivity index (χ1) is 13.2. The quantitative estimate of drug-likeness (QED) is 0.774. The SMILES string of the molecule is Fc1ccc(CNC(=S)N2CC[NH+](Cc3ccc4c(c3)OCO4)CC2)cc1. The third-order valence-corrected chi connectivity index (χ3v) is 5.41. The minimum atomic E-state index is -0.220. The van der Waals surface area contributed by atoms with Gasteiger partial charge in [-0.25, -0.2) is 4.39 Å². The van der Waals surface area contributed by atoms with Crippen LogP contribution >= 0.6 is 12.2 Å². The zero-order valence-corrected chi connectivity index (χ0v) is 15.9. The highest BCUT2D eigenvalue weighted by atomic mass is 32.1. The van der Waals surface area contributed by atoms with Gasteiger partial charge in [-0.3, -0.25) is 0 Å². The topological polar surface area (TPSA) is 38.2 Å². The van der Waals surface area contributed by atoms with E-state index in [0.29, 0.717) is 13.3 Å². The molecule has 7 heteroatoms. The molecule has 2 aliphatic rings. The molecule has 0 atom stereocenters. The second-order valence-electron chi connectivity index (χ2n) is 6.89. The van der Waals surface area contributed by atoms with Gasteiger partial charge in [-0.2, -0.15) is 0 Å². The fourth-order valence-electron chi connectivity index (χ4n) is 3.43. The van der Waals surface area contributed by atoms with E-state index in [1.807, 2.05) is 6.07 Å². The lowest BCUT2D eigenvalue weighted by molar-refractivity contribution is -0.917. The first kappa shape index (κ1) is 18.0. The van der Waals surface area contributed by atoms with E-state index >= 15 is 0 Å². The molecule has 2 aliphatic heterocycles. The molecule has 0 aromatic heterocycles. The van der Waals surface area contributed by atoms with Crippen molar-refractivity contribution in [3.63, 3.8) is 0 Å². The van der Waals surface area contributed by atoms with Crippen molar-refractivity contribution in [2.24, 2.45) is 0 Å². The van der Waals surface area contributed by atoms with Gasteiger partial charge in [-0.1, -0.05) is 12.1 Å². The van der Waals surface area contributed by atoms with Gasteiger partial charge in [0.15, 0.2) is 16.6 Å². The van der Waals surface area contributed by atoms with Crippen molar-refractivity contribution in [3.05, 3.63) is 59.4 Å². The van der Waals surface area contributed by atoms with Gasteiger partial charge in [0.1, 0.15) is 12.4 Å². The number of hydrogen-bond donors (Lipinski definition) is 2. The number of piperazine rings is 1. The molecule has 0 saturated carbocycles. The summed E-state index contributed by atoms with van der Waals surface area (Å²) >= 11 is 5.52. The largest absolute Gasteiger partial charge is 0.454 e. The highest BCUT2D eigenvalue weighted by Gasteiger charge is 2.22. The minimum absolute atomic E-state index is 0.220. The second-order valence-corrected chi connectivity index (χ2v) is 7.27. The van der Waals surface area contributed by atoms with Crippen molar-refractivity contribution < 1.29 is 18.8 Å². The Balaban J connectivity index is 1.23. The smallest absolute Gasteiger partial charge is 0.231 e. The van der Waals surface area contributed by atoms with Gasteiger partial charge in [0.25, 0.3) is 0 Å². The highest BCUT2D eigenvalue weighted by molar-refractivity contribution is 7.80. The summed E-state index contributed by atoms with van der Waals surface area (Å²) < 4.78 is 23.8. The summed E-state index contributed by atoms with van der Waals surface area (Å²) in [6.45, 7) is 5.82. The Kier molecular flexibility index (Phi) is 5.40. The van der Waals surface area contributed by atoms with Crippen LogP contribution in [0.5, 0.6) is 11.5 Å². The van der Waals surface area contributed by atoms with Crippen LogP contribution < -0.4 is 19.7 Å². The Morgan fingerprint density at radius 2 is 1.74 bits per heavy atom. The molecule has 0 aliphatic carbocycles. The molecule has 5 nitrogen and oxygen atoms in total. The number of hydrogen-bond acceptors (Lipinski definition) is 3. The first-order valence-electron chi connectivity index (χ1n) is 9.17. The number of halogens is 1. The number of thiocarbonyl (C=S) groups is 1. The van der Waals surface area contributed by atoms with E-state index in [9.17, 15) is 4.39 Å². The van der Waals surface area contributed by atoms with Crippen LogP contribution in [0, 0.1) is 5.82 Å². The predicted octanol–water partition coefficient (Wildman–Crippen LogP) is 1.33. The fourth-order valence-corrected chi connectivity index (χ4v) is 3.69. The van der Waals surface area contributed by atoms with Crippen molar-refractivity contribution in [1.29, 1.82) is 0 Å². The molecule has 2 aromatic rings. The lowest BCUT2D eigenvalue weighted by Gasteiger charge is -2.34. The summed E-state index contributed by atoms with van der Waals surface area (Å²) in [5.74, 6) is 1.45. The Hall–Kier alpha value is -2.38. The molecule has 27 heavy (non-hydrogen) atoms. The van der Waals surface area contributed by atoms with E-state index in [2.05, 4.69) is 22.3 Å². The van der Waals surface area contributed by atoms with Crippen LogP contribution in [0.3, 0.4) is 0 Å². The lowest BCUT2D eigenvalue weighted by atomic mass is 10.1. The molecule has 2 aromatic carbocycles. The van der Waals surface area contributed by atoms with Crippen LogP contribution in [-0.2, 0) is 13.1 Å². The summed E-state index contributed by atoms with van der Waals surface area (Å²) in [6, 6.07) is 12.7. The standard InChI is InChI=1S/C20H22FN3O2S/c21-17-4-1-15(2-5-17)12-22-20(27)24-9-7-23(8-10-24)13-16-3-6-18-19(11-16)26-14-25-18/h1-6,11H,7-10,12-14H2,(H,22,27)/p+1. The Labute approximate surface area is 163 Å². The third kappa shape index (κ3) is 4.48. The van der Waals surface area contributed by atoms with Crippen LogP contribution in [0.1, 0.15) is 11.1 Å². The van der Waals surface area contributed by atoms with Crippen molar-refractivity contribution in [1.82, 2.24) is 10.2 Å². The van der Waals surface area contributed by atoms with Gasteiger partial charge in [-0.05, 0) is 48.1 Å². The highest BCUT2D eigenvalue weighted by Crippen LogP contribution is 2.32. The Bertz CT molecular complexity index is 807. The number of ether oxygens (including phenoxy) is 2. The molecule has 142 valence electrons. The van der Waals surface area contributed by atoms with Crippen LogP contribution in [0.4, 0.5) is 4.39 Å². The monoisotopic (exact) mass is 388 g/mol. The average molecular weight is 388 g/mol. The summed E-state index contributed by atoms with van der Waals surface area (Å²) in [4.78, 5) is 3.74. The molecule has 0 amide bonds. The van der Waals surface area contributed by atoms with Gasteiger partial charge >= 0.3 is 0 Å². The lowest BCUT2D eigenvalue weighted by Crippen LogP contribution is -3.13. The zero-order valence-electron chi connectivity index (χ0n) is 15.0. The van der Waals surface area contributed by atoms with Crippen LogP contribution in [-0.4, -0.2) is 43.0 Å². The van der Waals surface area contributed by atoms with E-state index < -0.39 is 0 Å². The number of fused-ring (bicyclic) bond motifs is 1. The summed E-state index contributed by atoms with van der Waals surface area (Å²) in [6.07, 6.45) is 0. The number of quaternary nitrogens is 1. The summed E-state index contributed by atoms with van der Waals surface area (Å²) in [5.41, 5.74) is 2.28. The van der Waals surface area contributed by atoms with E-state index in [1.54, 1.807) is 12.1 Å². The molecule has 4 rings (SSSR count). The molecule has 1 fully saturated rings. The normalized spacial score (nSPS) is 16.4. The molecule has 1 saturated heterocycles. The molecule has 0 spiro atoms. The van der Waals surface area contributed by atoms with Crippen molar-refractivity contribution in [2.75, 3.05) is 33.0 Å². The molecular formula is C20H23FN3O2S+. The van der Waals surface area contributed by atoms with Gasteiger partial charge in [0.2, 0.25) is 6.79 Å². The van der Waals surface area contributed by atoms with Crippen LogP contribution in [0.2, 0.25) is 0 Å². The van der Waals surface area contributed by atoms with E-state index in [-0.39, 0.29) is 5.82 Å². The number of rotatable bonds is 4. The maximum atomic E-state index is 13.0. The number of nitrogens with one attached hydrogen (secondary N) is 2. The minimum Gasteiger partial charge on any atom is -0.454 e. The van der Waals surface area contributed by atoms with E-state index in [4.69, 9.17) is 21.7 Å². The maximum absolute atomic E-state index is 13.0. The van der Waals surface area contributed by atoms with Crippen LogP contribution in [0.25, 0.3) is 0 Å². The first-order valence-corrected chi connectivity index (χ1v) is 9.57. The van der Waals surface area contributed by atoms with E-state index in [0.717, 1.165) is 54.9 Å². The van der Waals surface area contributed by atoms with Crippen molar-refractivity contribution >= 4 is 17.3 Å². The molecule has 0 radical (unpaired) electrons. The van der Waals surface area contributed by atoms with Crippen molar-refractivity contribution in [3.8, 4) is 11.5 Å². The Morgan fingerprint density at radius 3 is 2.52 bits per heavy atom. The summed E-state index contributed by atoms with van der Waals surface area (Å²) in [7, 11) is 0. The van der Waals surface area contributed by atoms with Crippen LogP contribution in [0.15, 0.2) is 42.5 Å². The molecule has 0 bridgehead atoms. The fraction of sp³-hybridized carbons (Fsp3) is 0.350. The summed E-state index contributed by atoms with van der Waals surface area (Å²) in [5, 5.41) is 4.04. The van der Waals surface area contributed by atoms with E-state index in [1.165, 1.54) is 22.6 Å². The molecule has 0 unspecified atom stereocenters. The van der Waals surface area contributed by atoms with Gasteiger partial charge in [0.05, 0.1) is 26.2 Å². The van der Waals surface area contributed by atoms with Gasteiger partial charge in [0, 0.05) is 12.1 Å². The molecule has 2 heterocycles. The molecule has 2 N–H and O–H groups in total. The maximum Gasteiger partial charge on any atom is 0.231 e. The average Bonchev–Trinajstić information content (AvgIpc) is 3.16. The van der Waals surface area contributed by atoms with Gasteiger partial charge < -0.3 is 24.6 Å². The molecular weight excluding hydrogens is 365 g/mol. The Morgan fingerprint density at radius 1 is 1.04 bits per heavy atom. The van der Waals surface area contributed by atoms with Crippen molar-refractivity contribution in [2.45, 2.75) is 13.1 Å². The number of benzene rings is 2. The predicted molar refractivity (Wildman–Crippen MR) is 104 cm³/mol. The second kappa shape index (κ2) is 8.10. The third-order valence-electron chi connectivity index (χ3n) is 5.01. The van der Waals surface area contributed by atoms with Gasteiger partial charge in [-0.15, -0.1) is 0 Å². The zero-order chi connectivity index (χ0) is 18.6. The number of nitrogens with zero attached hydrogens (tertiary/aromatic N) is 1.